The number of rotatable bonds is 6. The van der Waals surface area contributed by atoms with E-state index < -0.39 is 11.9 Å². The van der Waals surface area contributed by atoms with Gasteiger partial charge in [0.25, 0.3) is 5.91 Å². The minimum atomic E-state index is -0.451. The molecule has 4 rings (SSSR count). The van der Waals surface area contributed by atoms with Crippen molar-refractivity contribution in [3.05, 3.63) is 24.3 Å². The van der Waals surface area contributed by atoms with Crippen LogP contribution in [0.15, 0.2) is 24.3 Å². The average molecular weight is 430 g/mol. The predicted octanol–water partition coefficient (Wildman–Crippen LogP) is 1.68. The van der Waals surface area contributed by atoms with Gasteiger partial charge in [0.2, 0.25) is 5.91 Å². The van der Waals surface area contributed by atoms with Gasteiger partial charge in [0.05, 0.1) is 13.0 Å². The zero-order chi connectivity index (χ0) is 21.8. The predicted molar refractivity (Wildman–Crippen MR) is 115 cm³/mol. The lowest BCUT2D eigenvalue weighted by atomic mass is 10.1. The number of nitrogens with zero attached hydrogens (tertiary/aromatic N) is 3. The molecule has 8 heteroatoms. The molecule has 2 saturated heterocycles. The summed E-state index contributed by atoms with van der Waals surface area (Å²) in [5, 5.41) is 0. The van der Waals surface area contributed by atoms with Crippen LogP contribution in [0.25, 0.3) is 0 Å². The van der Waals surface area contributed by atoms with Crippen molar-refractivity contribution in [3.63, 3.8) is 0 Å². The molecule has 0 N–H and O–H groups in total. The molecule has 0 unspecified atom stereocenters. The number of ether oxygens (including phenoxy) is 2. The molecule has 1 aliphatic carbocycles. The highest BCUT2D eigenvalue weighted by molar-refractivity contribution is 5.88. The number of carbonyl (C=O) groups is 3. The number of likely N-dealkylation sites (tertiary alicyclic amines) is 1. The summed E-state index contributed by atoms with van der Waals surface area (Å²) in [7, 11) is 1.64. The molecule has 0 spiro atoms. The lowest BCUT2D eigenvalue weighted by Gasteiger charge is -2.36. The molecule has 0 radical (unpaired) electrons. The van der Waals surface area contributed by atoms with Crippen molar-refractivity contribution in [2.75, 3.05) is 51.3 Å². The van der Waals surface area contributed by atoms with Crippen LogP contribution in [0.2, 0.25) is 0 Å². The van der Waals surface area contributed by atoms with E-state index in [-0.39, 0.29) is 30.9 Å². The van der Waals surface area contributed by atoms with Gasteiger partial charge < -0.3 is 24.2 Å². The van der Waals surface area contributed by atoms with Crippen LogP contribution in [-0.2, 0) is 19.1 Å². The fourth-order valence-corrected chi connectivity index (χ4v) is 4.81. The van der Waals surface area contributed by atoms with Crippen molar-refractivity contribution in [2.45, 2.75) is 38.1 Å². The van der Waals surface area contributed by atoms with Gasteiger partial charge in [-0.15, -0.1) is 0 Å². The number of carbonyl (C=O) groups excluding carboxylic acids is 3. The Kier molecular flexibility index (Phi) is 6.63. The van der Waals surface area contributed by atoms with E-state index in [1.54, 1.807) is 12.0 Å². The number of hydrogen-bond acceptors (Lipinski definition) is 6. The summed E-state index contributed by atoms with van der Waals surface area (Å²) in [6, 6.07) is 8.14. The normalized spacial score (nSPS) is 22.2. The first-order valence-corrected chi connectivity index (χ1v) is 11.2. The van der Waals surface area contributed by atoms with Gasteiger partial charge in [-0.05, 0) is 37.1 Å². The van der Waals surface area contributed by atoms with Gasteiger partial charge in [-0.2, -0.15) is 0 Å². The number of esters is 1. The second-order valence-corrected chi connectivity index (χ2v) is 8.56. The lowest BCUT2D eigenvalue weighted by molar-refractivity contribution is -0.155. The molecule has 1 aromatic carbocycles. The molecule has 1 saturated carbocycles. The quantitative estimate of drug-likeness (QED) is 0.640. The van der Waals surface area contributed by atoms with Crippen molar-refractivity contribution in [1.82, 2.24) is 9.80 Å². The molecular weight excluding hydrogens is 398 g/mol. The van der Waals surface area contributed by atoms with E-state index in [1.165, 1.54) is 0 Å². The van der Waals surface area contributed by atoms with Crippen LogP contribution in [0.3, 0.4) is 0 Å². The zero-order valence-corrected chi connectivity index (χ0v) is 18.1. The Bertz CT molecular complexity index is 798. The molecule has 3 fully saturated rings. The van der Waals surface area contributed by atoms with Gasteiger partial charge in [0.1, 0.15) is 5.75 Å². The van der Waals surface area contributed by atoms with Crippen molar-refractivity contribution in [2.24, 2.45) is 5.92 Å². The molecule has 2 heterocycles. The first kappa shape index (κ1) is 21.5. The number of hydrogen-bond donors (Lipinski definition) is 0. The Hall–Kier alpha value is -2.77. The minimum Gasteiger partial charge on any atom is -0.497 e. The van der Waals surface area contributed by atoms with E-state index in [4.69, 9.17) is 9.47 Å². The van der Waals surface area contributed by atoms with Crippen molar-refractivity contribution in [1.29, 1.82) is 0 Å². The summed E-state index contributed by atoms with van der Waals surface area (Å²) < 4.78 is 10.5. The molecule has 1 aromatic rings. The summed E-state index contributed by atoms with van der Waals surface area (Å²) in [5.74, 6) is -0.212. The van der Waals surface area contributed by atoms with Crippen LogP contribution in [0.4, 0.5) is 5.69 Å². The monoisotopic (exact) mass is 429 g/mol. The third-order valence-electron chi connectivity index (χ3n) is 6.67. The average Bonchev–Trinajstić information content (AvgIpc) is 3.47. The molecule has 168 valence electrons. The fourth-order valence-electron chi connectivity index (χ4n) is 4.81. The lowest BCUT2D eigenvalue weighted by Crippen LogP contribution is -2.50. The molecule has 8 nitrogen and oxygen atoms in total. The highest BCUT2D eigenvalue weighted by Crippen LogP contribution is 2.30. The van der Waals surface area contributed by atoms with E-state index in [0.29, 0.717) is 19.6 Å². The smallest absolute Gasteiger partial charge is 0.311 e. The maximum absolute atomic E-state index is 12.5. The van der Waals surface area contributed by atoms with Crippen LogP contribution in [-0.4, -0.2) is 80.1 Å². The highest BCUT2D eigenvalue weighted by atomic mass is 16.5. The Balaban J connectivity index is 1.20. The number of benzene rings is 1. The number of anilines is 1. The van der Waals surface area contributed by atoms with Gasteiger partial charge in [-0.1, -0.05) is 12.8 Å². The molecular formula is C23H31N3O5. The third kappa shape index (κ3) is 4.94. The fraction of sp³-hybridized carbons (Fsp3) is 0.609. The second-order valence-electron chi connectivity index (χ2n) is 8.56. The SMILES string of the molecule is COc1ccc(N2CCN(C(=O)COC(=O)[C@H]3CC(=O)N(C4CCCC4)C3)CC2)cc1. The van der Waals surface area contributed by atoms with Crippen molar-refractivity contribution >= 4 is 23.5 Å². The van der Waals surface area contributed by atoms with E-state index in [0.717, 1.165) is 50.2 Å². The zero-order valence-electron chi connectivity index (χ0n) is 18.1. The third-order valence-corrected chi connectivity index (χ3v) is 6.67. The molecule has 1 atom stereocenters. The summed E-state index contributed by atoms with van der Waals surface area (Å²) in [4.78, 5) is 43.0. The van der Waals surface area contributed by atoms with E-state index in [9.17, 15) is 14.4 Å². The Morgan fingerprint density at radius 2 is 1.71 bits per heavy atom. The molecule has 3 aliphatic rings. The van der Waals surface area contributed by atoms with Gasteiger partial charge in [0, 0.05) is 50.9 Å². The molecule has 0 aromatic heterocycles. The first-order valence-electron chi connectivity index (χ1n) is 11.2. The molecule has 2 aliphatic heterocycles. The highest BCUT2D eigenvalue weighted by Gasteiger charge is 2.39. The van der Waals surface area contributed by atoms with Crippen LogP contribution >= 0.6 is 0 Å². The maximum Gasteiger partial charge on any atom is 0.311 e. The Labute approximate surface area is 183 Å². The number of amides is 2. The maximum atomic E-state index is 12.5. The van der Waals surface area contributed by atoms with Crippen LogP contribution in [0.5, 0.6) is 5.75 Å². The first-order chi connectivity index (χ1) is 15.0. The van der Waals surface area contributed by atoms with Gasteiger partial charge in [0.15, 0.2) is 6.61 Å². The van der Waals surface area contributed by atoms with Crippen LogP contribution in [0.1, 0.15) is 32.1 Å². The van der Waals surface area contributed by atoms with E-state index in [2.05, 4.69) is 4.90 Å². The summed E-state index contributed by atoms with van der Waals surface area (Å²) in [6.07, 6.45) is 4.53. The van der Waals surface area contributed by atoms with E-state index >= 15 is 0 Å². The molecule has 31 heavy (non-hydrogen) atoms. The van der Waals surface area contributed by atoms with Crippen molar-refractivity contribution in [3.8, 4) is 5.75 Å². The van der Waals surface area contributed by atoms with Gasteiger partial charge in [-0.3, -0.25) is 14.4 Å². The Morgan fingerprint density at radius 3 is 2.35 bits per heavy atom. The minimum absolute atomic E-state index is 0.0369. The standard InChI is InChI=1S/C23H31N3O5/c1-30-20-8-6-18(7-9-20)24-10-12-25(13-11-24)22(28)16-31-23(29)17-14-21(27)26(15-17)19-4-2-3-5-19/h6-9,17,19H,2-5,10-16H2,1H3/t17-/m0/s1. The summed E-state index contributed by atoms with van der Waals surface area (Å²) in [5.41, 5.74) is 1.09. The number of methoxy groups -OCH3 is 1. The van der Waals surface area contributed by atoms with Crippen LogP contribution in [0, 0.1) is 5.92 Å². The summed E-state index contributed by atoms with van der Waals surface area (Å²) in [6.45, 7) is 2.78. The second kappa shape index (κ2) is 9.58. The largest absolute Gasteiger partial charge is 0.497 e. The summed E-state index contributed by atoms with van der Waals surface area (Å²) >= 11 is 0. The van der Waals surface area contributed by atoms with E-state index in [1.807, 2.05) is 29.2 Å². The van der Waals surface area contributed by atoms with Gasteiger partial charge >= 0.3 is 5.97 Å². The topological polar surface area (TPSA) is 79.4 Å². The number of piperazine rings is 1. The molecule has 2 amide bonds. The molecule has 0 bridgehead atoms. The van der Waals surface area contributed by atoms with Crippen molar-refractivity contribution < 1.29 is 23.9 Å². The van der Waals surface area contributed by atoms with Gasteiger partial charge in [-0.25, -0.2) is 0 Å². The Morgan fingerprint density at radius 1 is 1.03 bits per heavy atom. The van der Waals surface area contributed by atoms with Crippen LogP contribution < -0.4 is 9.64 Å².